The topological polar surface area (TPSA) is 157 Å². The van der Waals surface area contributed by atoms with Crippen LogP contribution in [0.25, 0.3) is 0 Å². The van der Waals surface area contributed by atoms with Crippen LogP contribution in [0.5, 0.6) is 5.88 Å². The highest BCUT2D eigenvalue weighted by Gasteiger charge is 2.52. The van der Waals surface area contributed by atoms with E-state index in [4.69, 9.17) is 9.15 Å². The average Bonchev–Trinajstić information content (AvgIpc) is 3.26. The van der Waals surface area contributed by atoms with Crippen molar-refractivity contribution in [3.8, 4) is 5.88 Å². The van der Waals surface area contributed by atoms with E-state index in [0.717, 1.165) is 0 Å². The maximum atomic E-state index is 13.3. The molecule has 0 radical (unpaired) electrons. The molecule has 0 spiro atoms. The van der Waals surface area contributed by atoms with E-state index in [1.165, 1.54) is 11.2 Å². The van der Waals surface area contributed by atoms with Crippen LogP contribution in [0.4, 0.5) is 16.3 Å². The second-order valence-electron chi connectivity index (χ2n) is 12.4. The van der Waals surface area contributed by atoms with E-state index in [2.05, 4.69) is 15.6 Å². The molecule has 0 aromatic carbocycles. The Morgan fingerprint density at radius 2 is 1.95 bits per heavy atom. The lowest BCUT2D eigenvalue weighted by Gasteiger charge is -2.55. The highest BCUT2D eigenvalue weighted by atomic mass is 16.5. The Balaban J connectivity index is 1.64. The van der Waals surface area contributed by atoms with E-state index in [1.807, 2.05) is 53.4 Å². The number of carbonyl (C=O) groups is 3. The molecule has 2 aromatic rings. The number of nitrogens with one attached hydrogen (secondary N) is 2. The lowest BCUT2D eigenvalue weighted by Crippen LogP contribution is -2.71. The van der Waals surface area contributed by atoms with Crippen molar-refractivity contribution in [2.24, 2.45) is 5.41 Å². The van der Waals surface area contributed by atoms with E-state index >= 15 is 0 Å². The van der Waals surface area contributed by atoms with Gasteiger partial charge in [-0.2, -0.15) is 4.98 Å². The van der Waals surface area contributed by atoms with Gasteiger partial charge < -0.3 is 34.9 Å². The molecule has 0 bridgehead atoms. The van der Waals surface area contributed by atoms with Gasteiger partial charge in [0.15, 0.2) is 0 Å². The summed E-state index contributed by atoms with van der Waals surface area (Å²) in [6.07, 6.45) is 0.396. The summed E-state index contributed by atoms with van der Waals surface area (Å²) in [6, 6.07) is 3.37. The van der Waals surface area contributed by atoms with Crippen LogP contribution >= 0.6 is 0 Å². The van der Waals surface area contributed by atoms with Crippen molar-refractivity contribution in [2.75, 3.05) is 36.5 Å². The van der Waals surface area contributed by atoms with Gasteiger partial charge in [-0.25, -0.2) is 4.79 Å². The van der Waals surface area contributed by atoms with Crippen molar-refractivity contribution < 1.29 is 33.8 Å². The van der Waals surface area contributed by atoms with Crippen molar-refractivity contribution in [3.63, 3.8) is 0 Å². The summed E-state index contributed by atoms with van der Waals surface area (Å²) < 4.78 is 11.5. The third-order valence-corrected chi connectivity index (χ3v) is 7.61. The molecule has 0 unspecified atom stereocenters. The number of hydrogen-bond acceptors (Lipinski definition) is 8. The molecular formula is C28H39N5O7. The summed E-state index contributed by atoms with van der Waals surface area (Å²) in [5.74, 6) is 0.240. The number of anilines is 2. The van der Waals surface area contributed by atoms with Gasteiger partial charge in [-0.15, -0.1) is 0 Å². The predicted octanol–water partition coefficient (Wildman–Crippen LogP) is 3.36. The second-order valence-corrected chi connectivity index (χ2v) is 12.4. The van der Waals surface area contributed by atoms with Crippen molar-refractivity contribution in [1.82, 2.24) is 15.2 Å². The zero-order chi connectivity index (χ0) is 29.6. The minimum Gasteiger partial charge on any atom is -0.473 e. The number of pyridine rings is 1. The molecule has 2 aliphatic heterocycles. The minimum absolute atomic E-state index is 0.116. The van der Waals surface area contributed by atoms with E-state index < -0.39 is 28.5 Å². The van der Waals surface area contributed by atoms with Crippen LogP contribution in [0.15, 0.2) is 22.8 Å². The van der Waals surface area contributed by atoms with Crippen LogP contribution in [-0.2, 0) is 6.42 Å². The number of ether oxygens (including phenoxy) is 1. The van der Waals surface area contributed by atoms with Crippen LogP contribution in [0.1, 0.15) is 74.9 Å². The quantitative estimate of drug-likeness (QED) is 0.418. The van der Waals surface area contributed by atoms with Crippen molar-refractivity contribution >= 4 is 29.4 Å². The third kappa shape index (κ3) is 5.32. The first-order valence-corrected chi connectivity index (χ1v) is 13.4. The van der Waals surface area contributed by atoms with E-state index in [9.17, 15) is 24.6 Å². The largest absolute Gasteiger partial charge is 0.473 e. The fourth-order valence-corrected chi connectivity index (χ4v) is 5.37. The Hall–Kier alpha value is -3.80. The zero-order valence-electron chi connectivity index (χ0n) is 24.1. The molecule has 0 saturated carbocycles. The van der Waals surface area contributed by atoms with Gasteiger partial charge in [0.2, 0.25) is 5.88 Å². The van der Waals surface area contributed by atoms with Gasteiger partial charge >= 0.3 is 6.09 Å². The fourth-order valence-electron chi connectivity index (χ4n) is 5.37. The Morgan fingerprint density at radius 1 is 1.25 bits per heavy atom. The first-order valence-electron chi connectivity index (χ1n) is 13.4. The summed E-state index contributed by atoms with van der Waals surface area (Å²) in [5.41, 5.74) is -1.49. The van der Waals surface area contributed by atoms with Crippen molar-refractivity contribution in [3.05, 3.63) is 35.3 Å². The van der Waals surface area contributed by atoms with Gasteiger partial charge in [0.25, 0.3) is 11.8 Å². The zero-order valence-corrected chi connectivity index (χ0v) is 24.1. The van der Waals surface area contributed by atoms with Crippen molar-refractivity contribution in [1.29, 1.82) is 0 Å². The molecule has 1 saturated heterocycles. The number of aromatic nitrogens is 1. The Labute approximate surface area is 233 Å². The number of carbonyl (C=O) groups excluding carboxylic acids is 2. The first-order chi connectivity index (χ1) is 18.6. The number of furan rings is 1. The van der Waals surface area contributed by atoms with Crippen LogP contribution < -0.4 is 20.3 Å². The minimum atomic E-state index is -1.09. The predicted molar refractivity (Wildman–Crippen MR) is 148 cm³/mol. The molecule has 12 heteroatoms. The molecule has 2 aromatic heterocycles. The van der Waals surface area contributed by atoms with Crippen LogP contribution in [0, 0.1) is 5.41 Å². The second kappa shape index (κ2) is 10.3. The van der Waals surface area contributed by atoms with E-state index in [-0.39, 0.29) is 48.7 Å². The van der Waals surface area contributed by atoms with E-state index in [1.54, 1.807) is 12.1 Å². The fraction of sp³-hybridized carbons (Fsp3) is 0.571. The Bertz CT molecular complexity index is 1310. The monoisotopic (exact) mass is 557 g/mol. The van der Waals surface area contributed by atoms with Gasteiger partial charge in [0, 0.05) is 31.6 Å². The number of piperazine rings is 1. The number of aliphatic hydroxyl groups is 1. The molecule has 218 valence electrons. The summed E-state index contributed by atoms with van der Waals surface area (Å²) in [5, 5.41) is 26.0. The highest BCUT2D eigenvalue weighted by Crippen LogP contribution is 2.40. The van der Waals surface area contributed by atoms with Gasteiger partial charge in [-0.1, -0.05) is 20.8 Å². The standard InChI is InChI=1S/C28H39N5O7/c1-16(2)40-24-18(29-22(35)17-13-39-19-12-27(6,7)31-23(36)21(17)19)8-9-20(30-24)32-10-11-33(25(37)38)28(14-32,15-34)26(3,4)5/h8-9,13,16,34H,10-12,14-15H2,1-7H3,(H,29,35)(H,31,36)(H,37,38)/t28-/m0/s1. The molecular weight excluding hydrogens is 518 g/mol. The molecule has 2 aliphatic rings. The highest BCUT2D eigenvalue weighted by molar-refractivity contribution is 6.13. The average molecular weight is 558 g/mol. The Kier molecular flexibility index (Phi) is 7.52. The maximum Gasteiger partial charge on any atom is 0.407 e. The molecule has 1 atom stereocenters. The van der Waals surface area contributed by atoms with Gasteiger partial charge in [0.1, 0.15) is 23.5 Å². The number of hydrogen-bond donors (Lipinski definition) is 4. The maximum absolute atomic E-state index is 13.3. The number of nitrogens with zero attached hydrogens (tertiary/aromatic N) is 3. The summed E-state index contributed by atoms with van der Waals surface area (Å²) >= 11 is 0. The molecule has 4 rings (SSSR count). The smallest absolute Gasteiger partial charge is 0.407 e. The molecule has 1 fully saturated rings. The number of rotatable bonds is 6. The van der Waals surface area contributed by atoms with Crippen LogP contribution in [-0.4, -0.2) is 81.4 Å². The molecule has 12 nitrogen and oxygen atoms in total. The molecule has 3 amide bonds. The van der Waals surface area contributed by atoms with E-state index in [0.29, 0.717) is 30.2 Å². The molecule has 0 aliphatic carbocycles. The summed E-state index contributed by atoms with van der Waals surface area (Å²) in [7, 11) is 0. The molecule has 4 heterocycles. The number of fused-ring (bicyclic) bond motifs is 1. The molecule has 40 heavy (non-hydrogen) atoms. The Morgan fingerprint density at radius 3 is 2.55 bits per heavy atom. The summed E-state index contributed by atoms with van der Waals surface area (Å²) in [4.78, 5) is 46.0. The number of amides is 3. The van der Waals surface area contributed by atoms with Gasteiger partial charge in [0.05, 0.1) is 29.4 Å². The van der Waals surface area contributed by atoms with Crippen molar-refractivity contribution in [2.45, 2.75) is 72.1 Å². The lowest BCUT2D eigenvalue weighted by atomic mass is 9.71. The first kappa shape index (κ1) is 29.2. The third-order valence-electron chi connectivity index (χ3n) is 7.61. The lowest BCUT2D eigenvalue weighted by molar-refractivity contribution is -0.0419. The SMILES string of the molecule is CC(C)Oc1nc(N2CCN(C(=O)O)[C@@](CO)(C(C)(C)C)C2)ccc1NC(=O)c1coc2c1C(=O)NC(C)(C)C2. The van der Waals surface area contributed by atoms with Gasteiger partial charge in [-0.05, 0) is 45.2 Å². The number of aliphatic hydroxyl groups excluding tert-OH is 1. The number of carboxylic acid groups (broad SMARTS) is 1. The van der Waals surface area contributed by atoms with Crippen LogP contribution in [0.2, 0.25) is 0 Å². The summed E-state index contributed by atoms with van der Waals surface area (Å²) in [6.45, 7) is 13.5. The van der Waals surface area contributed by atoms with Crippen LogP contribution in [0.3, 0.4) is 0 Å². The molecule has 4 N–H and O–H groups in total. The normalized spacial score (nSPS) is 20.7. The van der Waals surface area contributed by atoms with Gasteiger partial charge in [-0.3, -0.25) is 14.5 Å².